The molecule has 0 aliphatic rings. The molecule has 8 heteroatoms. The van der Waals surface area contributed by atoms with Crippen molar-refractivity contribution in [1.82, 2.24) is 14.6 Å². The summed E-state index contributed by atoms with van der Waals surface area (Å²) in [6.45, 7) is 2.12. The number of hydrogen-bond acceptors (Lipinski definition) is 5. The van der Waals surface area contributed by atoms with E-state index in [2.05, 4.69) is 10.1 Å². The summed E-state index contributed by atoms with van der Waals surface area (Å²) in [7, 11) is 0. The Labute approximate surface area is 164 Å². The molecule has 0 atom stereocenters. The van der Waals surface area contributed by atoms with Crippen LogP contribution in [0.2, 0.25) is 0 Å². The summed E-state index contributed by atoms with van der Waals surface area (Å²) in [4.78, 5) is 30.4. The molecule has 0 aliphatic heterocycles. The SMILES string of the molecule is CCN(C(=O)O)c1cccc(-c2ccnc3c(C(=O)c4cccs4)cnn23)c1. The van der Waals surface area contributed by atoms with Crippen molar-refractivity contribution < 1.29 is 14.7 Å². The summed E-state index contributed by atoms with van der Waals surface area (Å²) in [5, 5.41) is 15.6. The minimum absolute atomic E-state index is 0.119. The zero-order valence-corrected chi connectivity index (χ0v) is 15.8. The van der Waals surface area contributed by atoms with Crippen LogP contribution in [0, 0.1) is 0 Å². The van der Waals surface area contributed by atoms with Crippen molar-refractivity contribution in [3.05, 3.63) is 70.7 Å². The number of fused-ring (bicyclic) bond motifs is 1. The molecule has 1 N–H and O–H groups in total. The zero-order chi connectivity index (χ0) is 19.7. The summed E-state index contributed by atoms with van der Waals surface area (Å²) in [5.41, 5.74) is 2.97. The Balaban J connectivity index is 1.81. The first-order chi connectivity index (χ1) is 13.6. The second-order valence-electron chi connectivity index (χ2n) is 6.01. The van der Waals surface area contributed by atoms with Crippen LogP contribution in [0.4, 0.5) is 10.5 Å². The average Bonchev–Trinajstić information content (AvgIpc) is 3.38. The molecular weight excluding hydrogens is 376 g/mol. The van der Waals surface area contributed by atoms with Crippen LogP contribution in [0.25, 0.3) is 16.9 Å². The summed E-state index contributed by atoms with van der Waals surface area (Å²) in [6, 6.07) is 12.6. The first-order valence-corrected chi connectivity index (χ1v) is 9.50. The van der Waals surface area contributed by atoms with E-state index in [1.165, 1.54) is 22.4 Å². The standard InChI is InChI=1S/C20H16N4O3S/c1-2-23(20(26)27)14-6-3-5-13(11-14)16-8-9-21-19-15(12-22-24(16)19)18(25)17-7-4-10-28-17/h3-12H,2H2,1H3,(H,26,27). The number of thiophene rings is 1. The van der Waals surface area contributed by atoms with Crippen molar-refractivity contribution in [3.63, 3.8) is 0 Å². The second-order valence-corrected chi connectivity index (χ2v) is 6.96. The molecule has 7 nitrogen and oxygen atoms in total. The minimum atomic E-state index is -1.01. The molecule has 0 spiro atoms. The Bertz CT molecular complexity index is 1170. The molecule has 0 radical (unpaired) electrons. The van der Waals surface area contributed by atoms with Gasteiger partial charge in [0.25, 0.3) is 0 Å². The number of benzene rings is 1. The molecule has 4 aromatic rings. The van der Waals surface area contributed by atoms with Crippen molar-refractivity contribution in [2.24, 2.45) is 0 Å². The fourth-order valence-electron chi connectivity index (χ4n) is 3.07. The molecule has 0 aliphatic carbocycles. The van der Waals surface area contributed by atoms with Gasteiger partial charge in [-0.15, -0.1) is 11.3 Å². The highest BCUT2D eigenvalue weighted by molar-refractivity contribution is 7.12. The van der Waals surface area contributed by atoms with Crippen LogP contribution in [0.1, 0.15) is 22.2 Å². The Kier molecular flexibility index (Phi) is 4.62. The quantitative estimate of drug-likeness (QED) is 0.515. The minimum Gasteiger partial charge on any atom is -0.465 e. The molecule has 28 heavy (non-hydrogen) atoms. The van der Waals surface area contributed by atoms with Crippen molar-refractivity contribution in [1.29, 1.82) is 0 Å². The number of carboxylic acid groups (broad SMARTS) is 1. The average molecular weight is 392 g/mol. The number of rotatable bonds is 5. The third kappa shape index (κ3) is 3.03. The molecular formula is C20H16N4O3S. The zero-order valence-electron chi connectivity index (χ0n) is 14.9. The third-order valence-corrected chi connectivity index (χ3v) is 5.26. The lowest BCUT2D eigenvalue weighted by Crippen LogP contribution is -2.28. The Morgan fingerprint density at radius 3 is 2.79 bits per heavy atom. The van der Waals surface area contributed by atoms with Gasteiger partial charge in [0, 0.05) is 24.0 Å². The van der Waals surface area contributed by atoms with E-state index in [9.17, 15) is 14.7 Å². The number of ketones is 1. The molecule has 0 saturated carbocycles. The Hall–Kier alpha value is -3.52. The van der Waals surface area contributed by atoms with Gasteiger partial charge in [-0.3, -0.25) is 9.69 Å². The highest BCUT2D eigenvalue weighted by Crippen LogP contribution is 2.26. The molecule has 0 unspecified atom stereocenters. The predicted octanol–water partition coefficient (Wildman–Crippen LogP) is 4.19. The molecule has 1 aromatic carbocycles. The third-order valence-electron chi connectivity index (χ3n) is 4.39. The molecule has 1 amide bonds. The van der Waals surface area contributed by atoms with Gasteiger partial charge in [0.05, 0.1) is 22.3 Å². The summed E-state index contributed by atoms with van der Waals surface area (Å²) < 4.78 is 1.61. The smallest absolute Gasteiger partial charge is 0.411 e. The van der Waals surface area contributed by atoms with E-state index in [4.69, 9.17) is 0 Å². The molecule has 0 saturated heterocycles. The van der Waals surface area contributed by atoms with Crippen LogP contribution >= 0.6 is 11.3 Å². The molecule has 0 fully saturated rings. The van der Waals surface area contributed by atoms with Crippen molar-refractivity contribution >= 4 is 34.5 Å². The molecule has 3 heterocycles. The fourth-order valence-corrected chi connectivity index (χ4v) is 3.75. The second kappa shape index (κ2) is 7.24. The van der Waals surface area contributed by atoms with Gasteiger partial charge in [-0.1, -0.05) is 18.2 Å². The summed E-state index contributed by atoms with van der Waals surface area (Å²) in [5.74, 6) is -0.119. The van der Waals surface area contributed by atoms with Crippen LogP contribution in [0.5, 0.6) is 0 Å². The van der Waals surface area contributed by atoms with E-state index in [0.29, 0.717) is 28.3 Å². The number of amides is 1. The van der Waals surface area contributed by atoms with E-state index in [1.54, 1.807) is 48.0 Å². The first-order valence-electron chi connectivity index (χ1n) is 8.62. The van der Waals surface area contributed by atoms with Gasteiger partial charge in [0.15, 0.2) is 5.65 Å². The van der Waals surface area contributed by atoms with Gasteiger partial charge in [0.1, 0.15) is 0 Å². The largest absolute Gasteiger partial charge is 0.465 e. The van der Waals surface area contributed by atoms with E-state index >= 15 is 0 Å². The predicted molar refractivity (Wildman–Crippen MR) is 107 cm³/mol. The summed E-state index contributed by atoms with van der Waals surface area (Å²) in [6.07, 6.45) is 2.13. The van der Waals surface area contributed by atoms with Crippen LogP contribution in [0.3, 0.4) is 0 Å². The lowest BCUT2D eigenvalue weighted by atomic mass is 10.1. The van der Waals surface area contributed by atoms with Crippen LogP contribution in [0.15, 0.2) is 60.2 Å². The number of carbonyl (C=O) groups is 2. The summed E-state index contributed by atoms with van der Waals surface area (Å²) >= 11 is 1.37. The maximum Gasteiger partial charge on any atom is 0.411 e. The van der Waals surface area contributed by atoms with Crippen LogP contribution in [-0.4, -0.2) is 38.1 Å². The number of nitrogens with zero attached hydrogens (tertiary/aromatic N) is 4. The number of hydrogen-bond donors (Lipinski definition) is 1. The maximum absolute atomic E-state index is 12.7. The van der Waals surface area contributed by atoms with Crippen molar-refractivity contribution in [2.75, 3.05) is 11.4 Å². The van der Waals surface area contributed by atoms with Gasteiger partial charge >= 0.3 is 6.09 Å². The van der Waals surface area contributed by atoms with E-state index in [0.717, 1.165) is 11.3 Å². The van der Waals surface area contributed by atoms with Gasteiger partial charge in [-0.25, -0.2) is 14.3 Å². The van der Waals surface area contributed by atoms with Crippen LogP contribution < -0.4 is 4.90 Å². The highest BCUT2D eigenvalue weighted by atomic mass is 32.1. The number of aromatic nitrogens is 3. The van der Waals surface area contributed by atoms with Crippen molar-refractivity contribution in [3.8, 4) is 11.3 Å². The molecule has 0 bridgehead atoms. The monoisotopic (exact) mass is 392 g/mol. The fraction of sp³-hybridized carbons (Fsp3) is 0.100. The van der Waals surface area contributed by atoms with Gasteiger partial charge in [-0.2, -0.15) is 5.10 Å². The van der Waals surface area contributed by atoms with Gasteiger partial charge in [0.2, 0.25) is 5.78 Å². The van der Waals surface area contributed by atoms with Gasteiger partial charge in [-0.05, 0) is 36.6 Å². The molecule has 140 valence electrons. The Morgan fingerprint density at radius 1 is 1.21 bits per heavy atom. The molecule has 3 aromatic heterocycles. The van der Waals surface area contributed by atoms with Crippen LogP contribution in [-0.2, 0) is 0 Å². The first kappa shape index (κ1) is 17.9. The lowest BCUT2D eigenvalue weighted by Gasteiger charge is -2.18. The molecule has 4 rings (SSSR count). The van der Waals surface area contributed by atoms with Gasteiger partial charge < -0.3 is 5.11 Å². The number of carbonyl (C=O) groups excluding carboxylic acids is 1. The van der Waals surface area contributed by atoms with E-state index in [1.807, 2.05) is 17.5 Å². The Morgan fingerprint density at radius 2 is 2.07 bits per heavy atom. The topological polar surface area (TPSA) is 87.8 Å². The van der Waals surface area contributed by atoms with E-state index in [-0.39, 0.29) is 5.78 Å². The normalized spacial score (nSPS) is 10.9. The number of anilines is 1. The van der Waals surface area contributed by atoms with Crippen molar-refractivity contribution in [2.45, 2.75) is 6.92 Å². The maximum atomic E-state index is 12.7. The highest BCUT2D eigenvalue weighted by Gasteiger charge is 2.19. The van der Waals surface area contributed by atoms with E-state index < -0.39 is 6.09 Å². The lowest BCUT2D eigenvalue weighted by molar-refractivity contribution is 0.104.